The van der Waals surface area contributed by atoms with E-state index in [0.717, 1.165) is 17.8 Å². The molecule has 1 saturated carbocycles. The number of aryl methyl sites for hydroxylation is 2. The number of aromatic nitrogens is 5. The second kappa shape index (κ2) is 7.06. The first-order valence-electron chi connectivity index (χ1n) is 8.97. The van der Waals surface area contributed by atoms with Gasteiger partial charge < -0.3 is 9.64 Å². The number of hydrogen-bond donors (Lipinski definition) is 0. The molecule has 0 aliphatic heterocycles. The first kappa shape index (κ1) is 18.1. The minimum atomic E-state index is -0.336. The van der Waals surface area contributed by atoms with Gasteiger partial charge >= 0.3 is 0 Å². The van der Waals surface area contributed by atoms with Crippen LogP contribution in [-0.4, -0.2) is 38.2 Å². The molecule has 0 bridgehead atoms. The molecule has 1 aliphatic carbocycles. The molecule has 0 spiro atoms. The number of pyridine rings is 1. The third-order valence-corrected chi connectivity index (χ3v) is 4.96. The second-order valence-corrected chi connectivity index (χ2v) is 7.04. The molecule has 146 valence electrons. The molecule has 9 heteroatoms. The van der Waals surface area contributed by atoms with Gasteiger partial charge in [-0.3, -0.25) is 14.5 Å². The Bertz CT molecular complexity index is 1050. The van der Waals surface area contributed by atoms with Gasteiger partial charge in [-0.05, 0) is 18.6 Å². The van der Waals surface area contributed by atoms with E-state index in [-0.39, 0.29) is 17.3 Å². The third kappa shape index (κ3) is 3.60. The summed E-state index contributed by atoms with van der Waals surface area (Å²) in [6, 6.07) is 4.78. The fraction of sp³-hybridized carbons (Fsp3) is 0.368. The Hall–Kier alpha value is -3.23. The van der Waals surface area contributed by atoms with Crippen molar-refractivity contribution >= 4 is 11.4 Å². The van der Waals surface area contributed by atoms with Crippen LogP contribution in [0.1, 0.15) is 18.0 Å². The van der Waals surface area contributed by atoms with Gasteiger partial charge in [-0.1, -0.05) is 0 Å². The number of halogens is 1. The summed E-state index contributed by atoms with van der Waals surface area (Å²) < 4.78 is 21.8. The molecule has 0 amide bonds. The molecule has 3 heterocycles. The molecule has 4 rings (SSSR count). The van der Waals surface area contributed by atoms with Gasteiger partial charge in [-0.25, -0.2) is 9.07 Å². The maximum atomic E-state index is 13.0. The van der Waals surface area contributed by atoms with Gasteiger partial charge in [0.05, 0.1) is 24.7 Å². The molecule has 0 unspecified atom stereocenters. The van der Waals surface area contributed by atoms with E-state index < -0.39 is 0 Å². The maximum Gasteiger partial charge on any atom is 0.290 e. The van der Waals surface area contributed by atoms with Crippen molar-refractivity contribution in [3.05, 3.63) is 58.7 Å². The summed E-state index contributed by atoms with van der Waals surface area (Å²) in [7, 11) is 5.21. The van der Waals surface area contributed by atoms with E-state index in [1.807, 2.05) is 13.2 Å². The summed E-state index contributed by atoms with van der Waals surface area (Å²) in [5.41, 5.74) is 1.90. The first-order chi connectivity index (χ1) is 13.4. The van der Waals surface area contributed by atoms with Gasteiger partial charge in [-0.2, -0.15) is 5.10 Å². The Kier molecular flexibility index (Phi) is 4.58. The summed E-state index contributed by atoms with van der Waals surface area (Å²) >= 11 is 0. The van der Waals surface area contributed by atoms with Crippen LogP contribution in [0.15, 0.2) is 41.6 Å². The van der Waals surface area contributed by atoms with Gasteiger partial charge in [0.15, 0.2) is 0 Å². The lowest BCUT2D eigenvalue weighted by Crippen LogP contribution is -2.27. The van der Waals surface area contributed by atoms with Crippen molar-refractivity contribution in [2.24, 2.45) is 20.0 Å². The predicted molar refractivity (Wildman–Crippen MR) is 101 cm³/mol. The smallest absolute Gasteiger partial charge is 0.290 e. The summed E-state index contributed by atoms with van der Waals surface area (Å²) in [5, 5.41) is 8.33. The minimum absolute atomic E-state index is 0.224. The number of hydrogen-bond acceptors (Lipinski definition) is 6. The van der Waals surface area contributed by atoms with Crippen molar-refractivity contribution in [3.8, 4) is 5.88 Å². The lowest BCUT2D eigenvalue weighted by molar-refractivity contribution is 0.278. The van der Waals surface area contributed by atoms with Crippen molar-refractivity contribution in [2.45, 2.75) is 12.3 Å². The lowest BCUT2D eigenvalue weighted by Gasteiger charge is -2.17. The highest BCUT2D eigenvalue weighted by atomic mass is 19.1. The minimum Gasteiger partial charge on any atom is -0.476 e. The van der Waals surface area contributed by atoms with E-state index >= 15 is 0 Å². The monoisotopic (exact) mass is 384 g/mol. The van der Waals surface area contributed by atoms with Crippen molar-refractivity contribution in [2.75, 3.05) is 18.6 Å². The van der Waals surface area contributed by atoms with Crippen LogP contribution >= 0.6 is 0 Å². The molecule has 0 saturated heterocycles. The highest BCUT2D eigenvalue weighted by Crippen LogP contribution is 2.46. The summed E-state index contributed by atoms with van der Waals surface area (Å²) in [5.74, 6) is 0.615. The molecular formula is C19H21FN6O2. The largest absolute Gasteiger partial charge is 0.476 e. The number of rotatable bonds is 6. The fourth-order valence-corrected chi connectivity index (χ4v) is 3.19. The van der Waals surface area contributed by atoms with Crippen LogP contribution in [0.2, 0.25) is 0 Å². The van der Waals surface area contributed by atoms with Crippen molar-refractivity contribution in [1.29, 1.82) is 0 Å². The number of anilines is 2. The zero-order chi connectivity index (χ0) is 19.8. The zero-order valence-corrected chi connectivity index (χ0v) is 15.9. The summed E-state index contributed by atoms with van der Waals surface area (Å²) in [6.07, 6.45) is 5.68. The van der Waals surface area contributed by atoms with Crippen LogP contribution in [0.4, 0.5) is 15.8 Å². The topological polar surface area (TPSA) is 78.1 Å². The third-order valence-electron chi connectivity index (χ3n) is 4.96. The SMILES string of the molecule is CN(c1cnn(C)c1)c1cc(OC[C@H]2C[C@@H]2c2ccc(F)cn2)nn(C)c1=O. The second-order valence-electron chi connectivity index (χ2n) is 7.04. The fourth-order valence-electron chi connectivity index (χ4n) is 3.19. The molecule has 0 radical (unpaired) electrons. The Morgan fingerprint density at radius 3 is 2.82 bits per heavy atom. The van der Waals surface area contributed by atoms with Crippen LogP contribution in [0.25, 0.3) is 0 Å². The normalized spacial score (nSPS) is 18.1. The number of ether oxygens (including phenoxy) is 1. The Balaban J connectivity index is 1.46. The first-order valence-corrected chi connectivity index (χ1v) is 8.97. The van der Waals surface area contributed by atoms with E-state index in [0.29, 0.717) is 24.1 Å². The van der Waals surface area contributed by atoms with Crippen LogP contribution in [0, 0.1) is 11.7 Å². The average Bonchev–Trinajstić information content (AvgIpc) is 3.33. The Morgan fingerprint density at radius 2 is 2.14 bits per heavy atom. The molecule has 3 aromatic heterocycles. The quantitative estimate of drug-likeness (QED) is 0.647. The van der Waals surface area contributed by atoms with E-state index in [2.05, 4.69) is 15.2 Å². The Labute approximate surface area is 161 Å². The standard InChI is InChI=1S/C19H21FN6O2/c1-24-10-14(9-22-24)25(2)17-7-18(23-26(3)19(17)27)28-11-12-6-15(12)16-5-4-13(20)8-21-16/h4-5,7-10,12,15H,6,11H2,1-3H3/t12-,15+/m1/s1. The zero-order valence-electron chi connectivity index (χ0n) is 15.9. The molecule has 1 aliphatic rings. The highest BCUT2D eigenvalue weighted by molar-refractivity contribution is 5.60. The van der Waals surface area contributed by atoms with Gasteiger partial charge in [-0.15, -0.1) is 5.10 Å². The van der Waals surface area contributed by atoms with Gasteiger partial charge in [0, 0.05) is 50.9 Å². The van der Waals surface area contributed by atoms with Crippen LogP contribution in [-0.2, 0) is 14.1 Å². The van der Waals surface area contributed by atoms with Crippen LogP contribution in [0.5, 0.6) is 5.88 Å². The molecule has 28 heavy (non-hydrogen) atoms. The van der Waals surface area contributed by atoms with Crippen molar-refractivity contribution in [1.82, 2.24) is 24.5 Å². The summed E-state index contributed by atoms with van der Waals surface area (Å²) in [4.78, 5) is 18.4. The average molecular weight is 384 g/mol. The van der Waals surface area contributed by atoms with Crippen molar-refractivity contribution in [3.63, 3.8) is 0 Å². The molecule has 8 nitrogen and oxygen atoms in total. The molecule has 1 fully saturated rings. The molecular weight excluding hydrogens is 363 g/mol. The molecule has 2 atom stereocenters. The van der Waals surface area contributed by atoms with E-state index in [1.54, 1.807) is 42.0 Å². The Morgan fingerprint density at radius 1 is 1.32 bits per heavy atom. The lowest BCUT2D eigenvalue weighted by atomic mass is 10.2. The van der Waals surface area contributed by atoms with E-state index in [9.17, 15) is 9.18 Å². The highest BCUT2D eigenvalue weighted by Gasteiger charge is 2.40. The molecule has 3 aromatic rings. The van der Waals surface area contributed by atoms with E-state index in [1.165, 1.54) is 16.9 Å². The van der Waals surface area contributed by atoms with E-state index in [4.69, 9.17) is 4.74 Å². The van der Waals surface area contributed by atoms with Gasteiger partial charge in [0.2, 0.25) is 5.88 Å². The summed E-state index contributed by atoms with van der Waals surface area (Å²) in [6.45, 7) is 0.463. The predicted octanol–water partition coefficient (Wildman–Crippen LogP) is 2.00. The number of nitrogens with zero attached hydrogens (tertiary/aromatic N) is 6. The molecule has 0 N–H and O–H groups in total. The van der Waals surface area contributed by atoms with Gasteiger partial charge in [0.25, 0.3) is 5.56 Å². The van der Waals surface area contributed by atoms with Crippen molar-refractivity contribution < 1.29 is 9.13 Å². The maximum absolute atomic E-state index is 13.0. The van der Waals surface area contributed by atoms with Crippen LogP contribution < -0.4 is 15.2 Å². The van der Waals surface area contributed by atoms with Gasteiger partial charge in [0.1, 0.15) is 11.5 Å². The molecule has 0 aromatic carbocycles. The van der Waals surface area contributed by atoms with Crippen LogP contribution in [0.3, 0.4) is 0 Å².